The summed E-state index contributed by atoms with van der Waals surface area (Å²) in [5.41, 5.74) is 5.80. The van der Waals surface area contributed by atoms with E-state index in [0.29, 0.717) is 12.0 Å². The lowest BCUT2D eigenvalue weighted by atomic mass is 10.1. The SMILES string of the molecule is CC1CC(CN)CN1c1nccc2ccccc12. The zero-order valence-electron chi connectivity index (χ0n) is 10.7. The fraction of sp³-hybridized carbons (Fsp3) is 0.400. The van der Waals surface area contributed by atoms with Crippen LogP contribution in [0.3, 0.4) is 0 Å². The Bertz CT molecular complexity index is 547. The van der Waals surface area contributed by atoms with Gasteiger partial charge in [-0.2, -0.15) is 0 Å². The lowest BCUT2D eigenvalue weighted by Crippen LogP contribution is -2.28. The van der Waals surface area contributed by atoms with Crippen LogP contribution >= 0.6 is 0 Å². The standard InChI is InChI=1S/C15H19N3/c1-11-8-12(9-16)10-18(11)15-14-5-3-2-4-13(14)6-7-17-15/h2-7,11-12H,8-10,16H2,1H3. The summed E-state index contributed by atoms with van der Waals surface area (Å²) < 4.78 is 0. The maximum atomic E-state index is 5.80. The first-order chi connectivity index (χ1) is 8.79. The molecule has 2 heterocycles. The summed E-state index contributed by atoms with van der Waals surface area (Å²) in [5, 5.41) is 2.50. The molecule has 0 spiro atoms. The van der Waals surface area contributed by atoms with Gasteiger partial charge in [-0.15, -0.1) is 0 Å². The van der Waals surface area contributed by atoms with E-state index in [0.717, 1.165) is 18.9 Å². The Morgan fingerprint density at radius 3 is 2.94 bits per heavy atom. The van der Waals surface area contributed by atoms with Crippen molar-refractivity contribution >= 4 is 16.6 Å². The van der Waals surface area contributed by atoms with E-state index in [1.165, 1.54) is 17.2 Å². The number of nitrogens with zero attached hydrogens (tertiary/aromatic N) is 2. The molecule has 3 nitrogen and oxygen atoms in total. The Labute approximate surface area is 108 Å². The first-order valence-corrected chi connectivity index (χ1v) is 6.60. The molecule has 0 aliphatic carbocycles. The van der Waals surface area contributed by atoms with E-state index in [4.69, 9.17) is 5.73 Å². The summed E-state index contributed by atoms with van der Waals surface area (Å²) in [6, 6.07) is 11.0. The molecule has 1 aromatic heterocycles. The fourth-order valence-corrected chi connectivity index (χ4v) is 2.94. The molecule has 3 heteroatoms. The van der Waals surface area contributed by atoms with Crippen LogP contribution in [-0.4, -0.2) is 24.1 Å². The van der Waals surface area contributed by atoms with Gasteiger partial charge in [-0.1, -0.05) is 24.3 Å². The number of rotatable bonds is 2. The van der Waals surface area contributed by atoms with E-state index in [9.17, 15) is 0 Å². The highest BCUT2D eigenvalue weighted by Gasteiger charge is 2.29. The van der Waals surface area contributed by atoms with Crippen LogP contribution in [0.15, 0.2) is 36.5 Å². The van der Waals surface area contributed by atoms with Crippen molar-refractivity contribution < 1.29 is 0 Å². The zero-order valence-corrected chi connectivity index (χ0v) is 10.7. The Kier molecular flexibility index (Phi) is 2.92. The first-order valence-electron chi connectivity index (χ1n) is 6.60. The van der Waals surface area contributed by atoms with Crippen molar-refractivity contribution in [2.75, 3.05) is 18.0 Å². The molecule has 0 saturated carbocycles. The van der Waals surface area contributed by atoms with Crippen molar-refractivity contribution in [3.8, 4) is 0 Å². The number of benzene rings is 1. The molecule has 1 aromatic carbocycles. The van der Waals surface area contributed by atoms with Gasteiger partial charge in [-0.25, -0.2) is 4.98 Å². The monoisotopic (exact) mass is 241 g/mol. The molecule has 1 saturated heterocycles. The molecular formula is C15H19N3. The van der Waals surface area contributed by atoms with Gasteiger partial charge in [0.2, 0.25) is 0 Å². The van der Waals surface area contributed by atoms with Gasteiger partial charge < -0.3 is 10.6 Å². The molecule has 1 aliphatic heterocycles. The molecule has 0 radical (unpaired) electrons. The van der Waals surface area contributed by atoms with Gasteiger partial charge in [-0.05, 0) is 37.3 Å². The van der Waals surface area contributed by atoms with Gasteiger partial charge in [0.15, 0.2) is 0 Å². The lowest BCUT2D eigenvalue weighted by molar-refractivity contribution is 0.579. The van der Waals surface area contributed by atoms with E-state index in [-0.39, 0.29) is 0 Å². The molecule has 2 unspecified atom stereocenters. The highest BCUT2D eigenvalue weighted by Crippen LogP contribution is 2.31. The van der Waals surface area contributed by atoms with Crippen molar-refractivity contribution in [3.63, 3.8) is 0 Å². The largest absolute Gasteiger partial charge is 0.353 e. The van der Waals surface area contributed by atoms with E-state index in [1.807, 2.05) is 6.20 Å². The number of nitrogens with two attached hydrogens (primary N) is 1. The number of anilines is 1. The third kappa shape index (κ3) is 1.85. The molecule has 2 atom stereocenters. The number of hydrogen-bond acceptors (Lipinski definition) is 3. The minimum absolute atomic E-state index is 0.525. The second kappa shape index (κ2) is 4.58. The van der Waals surface area contributed by atoms with Gasteiger partial charge in [0.05, 0.1) is 0 Å². The quantitative estimate of drug-likeness (QED) is 0.878. The second-order valence-electron chi connectivity index (χ2n) is 5.19. The van der Waals surface area contributed by atoms with Crippen molar-refractivity contribution in [2.45, 2.75) is 19.4 Å². The molecule has 1 fully saturated rings. The molecule has 3 rings (SSSR count). The normalized spacial score (nSPS) is 23.8. The van der Waals surface area contributed by atoms with Gasteiger partial charge in [0.25, 0.3) is 0 Å². The van der Waals surface area contributed by atoms with E-state index >= 15 is 0 Å². The minimum atomic E-state index is 0.525. The average Bonchev–Trinajstić information content (AvgIpc) is 2.79. The molecule has 2 aromatic rings. The highest BCUT2D eigenvalue weighted by molar-refractivity contribution is 5.92. The topological polar surface area (TPSA) is 42.1 Å². The molecule has 0 amide bonds. The summed E-state index contributed by atoms with van der Waals surface area (Å²) in [6.45, 7) is 4.06. The molecule has 0 bridgehead atoms. The summed E-state index contributed by atoms with van der Waals surface area (Å²) in [6.07, 6.45) is 3.07. The average molecular weight is 241 g/mol. The van der Waals surface area contributed by atoms with Gasteiger partial charge in [0, 0.05) is 24.2 Å². The smallest absolute Gasteiger partial charge is 0.136 e. The molecular weight excluding hydrogens is 222 g/mol. The number of hydrogen-bond donors (Lipinski definition) is 1. The molecule has 1 aliphatic rings. The van der Waals surface area contributed by atoms with Gasteiger partial charge in [-0.3, -0.25) is 0 Å². The summed E-state index contributed by atoms with van der Waals surface area (Å²) >= 11 is 0. The van der Waals surface area contributed by atoms with Gasteiger partial charge >= 0.3 is 0 Å². The van der Waals surface area contributed by atoms with Crippen LogP contribution in [0.1, 0.15) is 13.3 Å². The van der Waals surface area contributed by atoms with E-state index in [2.05, 4.69) is 47.1 Å². The number of fused-ring (bicyclic) bond motifs is 1. The highest BCUT2D eigenvalue weighted by atomic mass is 15.2. The fourth-order valence-electron chi connectivity index (χ4n) is 2.94. The maximum absolute atomic E-state index is 5.80. The van der Waals surface area contributed by atoms with Crippen LogP contribution in [0.4, 0.5) is 5.82 Å². The van der Waals surface area contributed by atoms with Crippen LogP contribution in [0.25, 0.3) is 10.8 Å². The van der Waals surface area contributed by atoms with Crippen LogP contribution in [0.2, 0.25) is 0 Å². The summed E-state index contributed by atoms with van der Waals surface area (Å²) in [7, 11) is 0. The van der Waals surface area contributed by atoms with Crippen molar-refractivity contribution in [2.24, 2.45) is 11.7 Å². The van der Waals surface area contributed by atoms with Crippen molar-refractivity contribution in [3.05, 3.63) is 36.5 Å². The molecule has 18 heavy (non-hydrogen) atoms. The minimum Gasteiger partial charge on any atom is -0.353 e. The van der Waals surface area contributed by atoms with Gasteiger partial charge in [0.1, 0.15) is 5.82 Å². The Morgan fingerprint density at radius 2 is 2.17 bits per heavy atom. The Hall–Kier alpha value is -1.61. The third-order valence-corrected chi connectivity index (χ3v) is 3.92. The predicted octanol–water partition coefficient (Wildman–Crippen LogP) is 2.41. The molecule has 94 valence electrons. The third-order valence-electron chi connectivity index (χ3n) is 3.92. The molecule has 2 N–H and O–H groups in total. The van der Waals surface area contributed by atoms with Crippen LogP contribution in [0.5, 0.6) is 0 Å². The maximum Gasteiger partial charge on any atom is 0.136 e. The Morgan fingerprint density at radius 1 is 1.33 bits per heavy atom. The number of pyridine rings is 1. The van der Waals surface area contributed by atoms with Crippen LogP contribution in [-0.2, 0) is 0 Å². The van der Waals surface area contributed by atoms with E-state index in [1.54, 1.807) is 0 Å². The predicted molar refractivity (Wildman–Crippen MR) is 75.7 cm³/mol. The van der Waals surface area contributed by atoms with Crippen LogP contribution in [0, 0.1) is 5.92 Å². The zero-order chi connectivity index (χ0) is 12.5. The van der Waals surface area contributed by atoms with Crippen molar-refractivity contribution in [1.29, 1.82) is 0 Å². The summed E-state index contributed by atoms with van der Waals surface area (Å²) in [5.74, 6) is 1.71. The Balaban J connectivity index is 2.04. The van der Waals surface area contributed by atoms with Crippen molar-refractivity contribution in [1.82, 2.24) is 4.98 Å². The lowest BCUT2D eigenvalue weighted by Gasteiger charge is -2.24. The number of aromatic nitrogens is 1. The first kappa shape index (κ1) is 11.5. The van der Waals surface area contributed by atoms with Crippen LogP contribution < -0.4 is 10.6 Å². The second-order valence-corrected chi connectivity index (χ2v) is 5.19. The summed E-state index contributed by atoms with van der Waals surface area (Å²) in [4.78, 5) is 7.00. The van der Waals surface area contributed by atoms with E-state index < -0.39 is 0 Å².